The van der Waals surface area contributed by atoms with E-state index in [0.717, 1.165) is 35.4 Å². The van der Waals surface area contributed by atoms with Gasteiger partial charge in [-0.25, -0.2) is 4.79 Å². The van der Waals surface area contributed by atoms with Crippen LogP contribution in [0.5, 0.6) is 0 Å². The Hall–Kier alpha value is -3.15. The minimum atomic E-state index is -0.437. The number of nitrogens with two attached hydrogens (primary N) is 1. The highest BCUT2D eigenvalue weighted by atomic mass is 16.5. The van der Waals surface area contributed by atoms with Crippen LogP contribution in [0.25, 0.3) is 11.1 Å². The lowest BCUT2D eigenvalue weighted by Gasteiger charge is -2.25. The standard InChI is InChI=1S/C25H31N3O3/c1-16-6-8-17(9-7-16)12-23(29)28-15-18-10-21(14-22(11-18)25(30)31-2)19-4-3-5-20(13-19)24(26)27/h3-5,10-11,13-14,16-17H,6-9,12,15H2,1-2H3,(H3,26,27)(H,28,29). The molecule has 0 spiro atoms. The first kappa shape index (κ1) is 22.5. The number of nitrogens with one attached hydrogen (secondary N) is 2. The van der Waals surface area contributed by atoms with Gasteiger partial charge in [-0.2, -0.15) is 0 Å². The first-order valence-corrected chi connectivity index (χ1v) is 10.8. The number of rotatable bonds is 7. The van der Waals surface area contributed by atoms with Gasteiger partial charge in [0.05, 0.1) is 12.7 Å². The fourth-order valence-electron chi connectivity index (χ4n) is 4.13. The van der Waals surface area contributed by atoms with Crippen LogP contribution in [0.4, 0.5) is 0 Å². The van der Waals surface area contributed by atoms with Crippen molar-refractivity contribution in [1.82, 2.24) is 5.32 Å². The van der Waals surface area contributed by atoms with Gasteiger partial charge in [-0.15, -0.1) is 0 Å². The molecule has 1 aliphatic carbocycles. The van der Waals surface area contributed by atoms with E-state index in [-0.39, 0.29) is 11.7 Å². The molecular formula is C25H31N3O3. The molecule has 0 aromatic heterocycles. The molecule has 31 heavy (non-hydrogen) atoms. The molecule has 0 bridgehead atoms. The second-order valence-electron chi connectivity index (χ2n) is 8.51. The lowest BCUT2D eigenvalue weighted by atomic mass is 9.81. The van der Waals surface area contributed by atoms with Gasteiger partial charge in [0.25, 0.3) is 0 Å². The molecule has 6 nitrogen and oxygen atoms in total. The van der Waals surface area contributed by atoms with Crippen molar-refractivity contribution in [3.8, 4) is 11.1 Å². The van der Waals surface area contributed by atoms with Crippen LogP contribution >= 0.6 is 0 Å². The van der Waals surface area contributed by atoms with Gasteiger partial charge in [0.2, 0.25) is 5.91 Å². The summed E-state index contributed by atoms with van der Waals surface area (Å²) in [5, 5.41) is 10.7. The number of benzene rings is 2. The van der Waals surface area contributed by atoms with Crippen LogP contribution in [-0.4, -0.2) is 24.8 Å². The molecule has 1 saturated carbocycles. The minimum absolute atomic E-state index is 0.0180. The molecule has 0 unspecified atom stereocenters. The molecule has 0 atom stereocenters. The summed E-state index contributed by atoms with van der Waals surface area (Å²) in [6.07, 6.45) is 5.17. The molecule has 0 saturated heterocycles. The molecule has 1 aliphatic rings. The number of hydrogen-bond donors (Lipinski definition) is 3. The van der Waals surface area contributed by atoms with Crippen LogP contribution in [-0.2, 0) is 16.1 Å². The van der Waals surface area contributed by atoms with Crippen molar-refractivity contribution in [1.29, 1.82) is 5.41 Å². The van der Waals surface area contributed by atoms with Gasteiger partial charge in [-0.05, 0) is 65.6 Å². The van der Waals surface area contributed by atoms with E-state index in [1.807, 2.05) is 24.3 Å². The summed E-state index contributed by atoms with van der Waals surface area (Å²) >= 11 is 0. The maximum atomic E-state index is 12.5. The van der Waals surface area contributed by atoms with E-state index in [9.17, 15) is 9.59 Å². The van der Waals surface area contributed by atoms with Crippen molar-refractivity contribution in [2.24, 2.45) is 17.6 Å². The van der Waals surface area contributed by atoms with Crippen molar-refractivity contribution in [3.05, 3.63) is 59.2 Å². The molecule has 3 rings (SSSR count). The van der Waals surface area contributed by atoms with Crippen molar-refractivity contribution in [3.63, 3.8) is 0 Å². The second kappa shape index (κ2) is 10.2. The topological polar surface area (TPSA) is 105 Å². The molecule has 164 valence electrons. The molecule has 2 aromatic carbocycles. The zero-order valence-corrected chi connectivity index (χ0v) is 18.2. The van der Waals surface area contributed by atoms with Crippen LogP contribution in [0.3, 0.4) is 0 Å². The first-order valence-electron chi connectivity index (χ1n) is 10.8. The van der Waals surface area contributed by atoms with Gasteiger partial charge in [0.15, 0.2) is 0 Å². The Morgan fingerprint density at radius 3 is 2.45 bits per heavy atom. The SMILES string of the molecule is COC(=O)c1cc(CNC(=O)CC2CCC(C)CC2)cc(-c2cccc(C(=N)N)c2)c1. The smallest absolute Gasteiger partial charge is 0.337 e. The van der Waals surface area contributed by atoms with Gasteiger partial charge >= 0.3 is 5.97 Å². The number of esters is 1. The number of methoxy groups -OCH3 is 1. The van der Waals surface area contributed by atoms with Gasteiger partial charge in [-0.3, -0.25) is 10.2 Å². The number of amidine groups is 1. The number of hydrogen-bond acceptors (Lipinski definition) is 4. The lowest BCUT2D eigenvalue weighted by molar-refractivity contribution is -0.122. The highest BCUT2D eigenvalue weighted by molar-refractivity contribution is 5.96. The van der Waals surface area contributed by atoms with E-state index >= 15 is 0 Å². The Morgan fingerprint density at radius 2 is 1.77 bits per heavy atom. The average Bonchev–Trinajstić information content (AvgIpc) is 2.78. The Balaban J connectivity index is 1.76. The van der Waals surface area contributed by atoms with Crippen LogP contribution in [0.2, 0.25) is 0 Å². The third kappa shape index (κ3) is 6.17. The van der Waals surface area contributed by atoms with Crippen molar-refractivity contribution < 1.29 is 14.3 Å². The number of amides is 1. The summed E-state index contributed by atoms with van der Waals surface area (Å²) in [6, 6.07) is 12.7. The molecule has 6 heteroatoms. The van der Waals surface area contributed by atoms with Gasteiger partial charge < -0.3 is 15.8 Å². The van der Waals surface area contributed by atoms with Crippen molar-refractivity contribution >= 4 is 17.7 Å². The zero-order valence-electron chi connectivity index (χ0n) is 18.2. The number of carbonyl (C=O) groups excluding carboxylic acids is 2. The third-order valence-corrected chi connectivity index (χ3v) is 6.02. The minimum Gasteiger partial charge on any atom is -0.465 e. The molecule has 0 radical (unpaired) electrons. The quantitative estimate of drug-likeness (QED) is 0.353. The number of carbonyl (C=O) groups is 2. The molecule has 1 amide bonds. The van der Waals surface area contributed by atoms with Gasteiger partial charge in [0.1, 0.15) is 5.84 Å². The normalized spacial score (nSPS) is 18.3. The maximum absolute atomic E-state index is 12.5. The van der Waals surface area contributed by atoms with E-state index in [4.69, 9.17) is 15.9 Å². The van der Waals surface area contributed by atoms with E-state index in [1.54, 1.807) is 18.2 Å². The molecule has 0 heterocycles. The molecule has 0 aliphatic heterocycles. The summed E-state index contributed by atoms with van der Waals surface area (Å²) in [5.41, 5.74) is 9.10. The van der Waals surface area contributed by atoms with E-state index in [1.165, 1.54) is 20.0 Å². The highest BCUT2D eigenvalue weighted by Crippen LogP contribution is 2.30. The Labute approximate surface area is 183 Å². The average molecular weight is 422 g/mol. The summed E-state index contributed by atoms with van der Waals surface area (Å²) < 4.78 is 4.90. The lowest BCUT2D eigenvalue weighted by Crippen LogP contribution is -2.26. The van der Waals surface area contributed by atoms with E-state index in [2.05, 4.69) is 12.2 Å². The Kier molecular flexibility index (Phi) is 7.45. The first-order chi connectivity index (χ1) is 14.9. The molecule has 4 N–H and O–H groups in total. The molecule has 1 fully saturated rings. The number of nitrogen functional groups attached to an aromatic ring is 1. The van der Waals surface area contributed by atoms with Crippen LogP contribution < -0.4 is 11.1 Å². The second-order valence-corrected chi connectivity index (χ2v) is 8.51. The van der Waals surface area contributed by atoms with Crippen LogP contribution in [0.1, 0.15) is 60.5 Å². The fraction of sp³-hybridized carbons (Fsp3) is 0.400. The van der Waals surface area contributed by atoms with Crippen LogP contribution in [0.15, 0.2) is 42.5 Å². The van der Waals surface area contributed by atoms with E-state index < -0.39 is 5.97 Å². The fourth-order valence-corrected chi connectivity index (χ4v) is 4.13. The Bertz CT molecular complexity index is 962. The zero-order chi connectivity index (χ0) is 22.4. The monoisotopic (exact) mass is 421 g/mol. The van der Waals surface area contributed by atoms with Gasteiger partial charge in [-0.1, -0.05) is 38.0 Å². The molecular weight excluding hydrogens is 390 g/mol. The summed E-state index contributed by atoms with van der Waals surface area (Å²) in [5.74, 6) is 0.815. The highest BCUT2D eigenvalue weighted by Gasteiger charge is 2.20. The maximum Gasteiger partial charge on any atom is 0.337 e. The van der Waals surface area contributed by atoms with Crippen LogP contribution in [0, 0.1) is 17.2 Å². The van der Waals surface area contributed by atoms with Crippen molar-refractivity contribution in [2.75, 3.05) is 7.11 Å². The third-order valence-electron chi connectivity index (χ3n) is 6.02. The van der Waals surface area contributed by atoms with E-state index in [0.29, 0.717) is 30.0 Å². The Morgan fingerprint density at radius 1 is 1.06 bits per heavy atom. The summed E-state index contributed by atoms with van der Waals surface area (Å²) in [7, 11) is 1.35. The largest absolute Gasteiger partial charge is 0.465 e. The summed E-state index contributed by atoms with van der Waals surface area (Å²) in [4.78, 5) is 24.7. The number of ether oxygens (including phenoxy) is 1. The molecule has 2 aromatic rings. The van der Waals surface area contributed by atoms with Crippen molar-refractivity contribution in [2.45, 2.75) is 45.6 Å². The summed E-state index contributed by atoms with van der Waals surface area (Å²) in [6.45, 7) is 2.61. The predicted octanol–water partition coefficient (Wildman–Crippen LogP) is 4.26. The predicted molar refractivity (Wildman–Crippen MR) is 122 cm³/mol. The van der Waals surface area contributed by atoms with Gasteiger partial charge in [0, 0.05) is 18.5 Å².